The SMILES string of the molecule is Cc1cc(-c2ccccc2C)[n+](CCc2ccccc2-c2cccc[n+]2C)cc1-c1ccccc1. The minimum atomic E-state index is 0.900. The molecule has 35 heavy (non-hydrogen) atoms. The van der Waals surface area contributed by atoms with Crippen molar-refractivity contribution < 1.29 is 9.13 Å². The van der Waals surface area contributed by atoms with Crippen molar-refractivity contribution >= 4 is 0 Å². The van der Waals surface area contributed by atoms with E-state index in [1.54, 1.807) is 0 Å². The molecule has 5 rings (SSSR count). The largest absolute Gasteiger partial charge is 0.213 e. The van der Waals surface area contributed by atoms with Crippen LogP contribution in [-0.2, 0) is 20.0 Å². The zero-order valence-corrected chi connectivity index (χ0v) is 20.8. The number of rotatable bonds is 6. The van der Waals surface area contributed by atoms with Crippen LogP contribution in [0, 0.1) is 13.8 Å². The van der Waals surface area contributed by atoms with Crippen LogP contribution in [0.2, 0.25) is 0 Å². The molecule has 0 amide bonds. The van der Waals surface area contributed by atoms with Crippen LogP contribution < -0.4 is 9.13 Å². The summed E-state index contributed by atoms with van der Waals surface area (Å²) in [5, 5.41) is 0. The maximum Gasteiger partial charge on any atom is 0.213 e. The molecule has 0 unspecified atom stereocenters. The van der Waals surface area contributed by atoms with E-state index in [0.29, 0.717) is 0 Å². The average molecular weight is 457 g/mol. The van der Waals surface area contributed by atoms with Crippen LogP contribution >= 0.6 is 0 Å². The molecule has 0 atom stereocenters. The van der Waals surface area contributed by atoms with E-state index in [-0.39, 0.29) is 0 Å². The van der Waals surface area contributed by atoms with Gasteiger partial charge in [-0.25, -0.2) is 4.57 Å². The van der Waals surface area contributed by atoms with Gasteiger partial charge in [0.25, 0.3) is 0 Å². The summed E-state index contributed by atoms with van der Waals surface area (Å²) in [6.07, 6.45) is 5.41. The minimum absolute atomic E-state index is 0.900. The van der Waals surface area contributed by atoms with Gasteiger partial charge in [0.1, 0.15) is 7.05 Å². The second-order valence-electron chi connectivity index (χ2n) is 9.23. The molecule has 0 aliphatic carbocycles. The Kier molecular flexibility index (Phi) is 6.54. The number of hydrogen-bond acceptors (Lipinski definition) is 0. The molecule has 0 saturated heterocycles. The summed E-state index contributed by atoms with van der Waals surface area (Å²) in [4.78, 5) is 0. The van der Waals surface area contributed by atoms with E-state index in [4.69, 9.17) is 0 Å². The first-order valence-electron chi connectivity index (χ1n) is 12.3. The van der Waals surface area contributed by atoms with Crippen LogP contribution in [0.3, 0.4) is 0 Å². The molecule has 0 aliphatic heterocycles. The van der Waals surface area contributed by atoms with Crippen LogP contribution in [0.5, 0.6) is 0 Å². The predicted octanol–water partition coefficient (Wildman–Crippen LogP) is 6.66. The number of pyridine rings is 2. The van der Waals surface area contributed by atoms with E-state index in [1.165, 1.54) is 50.3 Å². The summed E-state index contributed by atoms with van der Waals surface area (Å²) in [5.74, 6) is 0. The quantitative estimate of drug-likeness (QED) is 0.252. The highest BCUT2D eigenvalue weighted by Crippen LogP contribution is 2.28. The number of nitrogens with zero attached hydrogens (tertiary/aromatic N) is 2. The lowest BCUT2D eigenvalue weighted by molar-refractivity contribution is -0.685. The van der Waals surface area contributed by atoms with Crippen molar-refractivity contribution in [1.29, 1.82) is 0 Å². The highest BCUT2D eigenvalue weighted by atomic mass is 15.0. The second kappa shape index (κ2) is 10.1. The minimum Gasteiger partial charge on any atom is -0.201 e. The number of hydrogen-bond donors (Lipinski definition) is 0. The summed E-state index contributed by atoms with van der Waals surface area (Å²) in [6, 6.07) is 36.9. The second-order valence-corrected chi connectivity index (χ2v) is 9.23. The molecule has 3 aromatic carbocycles. The van der Waals surface area contributed by atoms with Gasteiger partial charge in [-0.15, -0.1) is 0 Å². The van der Waals surface area contributed by atoms with Gasteiger partial charge in [-0.1, -0.05) is 66.7 Å². The standard InChI is InChI=1S/C33H32N2/c1-25-13-7-9-17-29(25)33-23-26(2)31(27-14-5-4-6-15-27)24-35(33)22-20-28-16-8-10-18-30(28)32-19-11-12-21-34(32)3/h4-19,21,23-24H,20,22H2,1-3H3/q+2. The molecule has 0 fully saturated rings. The summed E-state index contributed by atoms with van der Waals surface area (Å²) < 4.78 is 4.64. The van der Waals surface area contributed by atoms with Crippen molar-refractivity contribution in [3.05, 3.63) is 132 Å². The molecule has 0 bridgehead atoms. The van der Waals surface area contributed by atoms with Crippen LogP contribution in [-0.4, -0.2) is 0 Å². The van der Waals surface area contributed by atoms with Crippen molar-refractivity contribution in [2.75, 3.05) is 0 Å². The first kappa shape index (κ1) is 22.7. The van der Waals surface area contributed by atoms with Gasteiger partial charge in [0.15, 0.2) is 18.9 Å². The lowest BCUT2D eigenvalue weighted by Crippen LogP contribution is -2.38. The molecule has 0 spiro atoms. The molecular weight excluding hydrogens is 424 g/mol. The topological polar surface area (TPSA) is 7.76 Å². The first-order valence-corrected chi connectivity index (χ1v) is 12.3. The van der Waals surface area contributed by atoms with E-state index in [2.05, 4.69) is 146 Å². The van der Waals surface area contributed by atoms with Gasteiger partial charge in [0.05, 0.1) is 0 Å². The highest BCUT2D eigenvalue weighted by molar-refractivity contribution is 5.69. The summed E-state index contributed by atoms with van der Waals surface area (Å²) in [7, 11) is 2.11. The first-order chi connectivity index (χ1) is 17.1. The van der Waals surface area contributed by atoms with Gasteiger partial charge in [-0.2, -0.15) is 4.57 Å². The highest BCUT2D eigenvalue weighted by Gasteiger charge is 2.20. The molecule has 0 aliphatic rings. The Hall–Kier alpha value is -4.04. The summed E-state index contributed by atoms with van der Waals surface area (Å²) in [5.41, 5.74) is 11.6. The van der Waals surface area contributed by atoms with Gasteiger partial charge >= 0.3 is 0 Å². The smallest absolute Gasteiger partial charge is 0.201 e. The predicted molar refractivity (Wildman–Crippen MR) is 144 cm³/mol. The number of aryl methyl sites for hydroxylation is 5. The Morgan fingerprint density at radius 2 is 1.29 bits per heavy atom. The Morgan fingerprint density at radius 1 is 0.600 bits per heavy atom. The fourth-order valence-corrected chi connectivity index (χ4v) is 4.92. The zero-order chi connectivity index (χ0) is 24.2. The van der Waals surface area contributed by atoms with Crippen molar-refractivity contribution in [3.63, 3.8) is 0 Å². The van der Waals surface area contributed by atoms with Crippen LogP contribution in [0.4, 0.5) is 0 Å². The number of aromatic nitrogens is 2. The third kappa shape index (κ3) is 4.79. The van der Waals surface area contributed by atoms with E-state index in [9.17, 15) is 0 Å². The Bertz CT molecular complexity index is 1470. The third-order valence-corrected chi connectivity index (χ3v) is 6.85. The molecule has 172 valence electrons. The van der Waals surface area contributed by atoms with Gasteiger partial charge in [-0.05, 0) is 54.3 Å². The molecule has 0 radical (unpaired) electrons. The van der Waals surface area contributed by atoms with Gasteiger partial charge in [-0.3, -0.25) is 0 Å². The van der Waals surface area contributed by atoms with Crippen molar-refractivity contribution in [1.82, 2.24) is 0 Å². The molecule has 0 saturated carbocycles. The lowest BCUT2D eigenvalue weighted by Gasteiger charge is -2.13. The maximum absolute atomic E-state index is 2.44. The lowest BCUT2D eigenvalue weighted by atomic mass is 9.97. The molecular formula is C33H32N2+2. The third-order valence-electron chi connectivity index (χ3n) is 6.85. The Balaban J connectivity index is 1.58. The van der Waals surface area contributed by atoms with Crippen molar-refractivity contribution in [2.45, 2.75) is 26.8 Å². The van der Waals surface area contributed by atoms with Crippen LogP contribution in [0.25, 0.3) is 33.6 Å². The molecule has 0 N–H and O–H groups in total. The van der Waals surface area contributed by atoms with Gasteiger partial charge in [0, 0.05) is 41.3 Å². The van der Waals surface area contributed by atoms with Crippen LogP contribution in [0.15, 0.2) is 116 Å². The zero-order valence-electron chi connectivity index (χ0n) is 20.8. The van der Waals surface area contributed by atoms with Gasteiger partial charge < -0.3 is 0 Å². The molecule has 2 aromatic heterocycles. The fraction of sp³-hybridized carbons (Fsp3) is 0.152. The fourth-order valence-electron chi connectivity index (χ4n) is 4.92. The number of benzene rings is 3. The normalized spacial score (nSPS) is 10.9. The van der Waals surface area contributed by atoms with E-state index < -0.39 is 0 Å². The molecule has 5 aromatic rings. The van der Waals surface area contributed by atoms with Crippen molar-refractivity contribution in [2.24, 2.45) is 7.05 Å². The summed E-state index contributed by atoms with van der Waals surface area (Å²) >= 11 is 0. The van der Waals surface area contributed by atoms with Crippen molar-refractivity contribution in [3.8, 4) is 33.6 Å². The van der Waals surface area contributed by atoms with Gasteiger partial charge in [0.2, 0.25) is 11.4 Å². The molecule has 2 heteroatoms. The Morgan fingerprint density at radius 3 is 2.06 bits per heavy atom. The van der Waals surface area contributed by atoms with E-state index >= 15 is 0 Å². The maximum atomic E-state index is 2.44. The van der Waals surface area contributed by atoms with E-state index in [1.807, 2.05) is 0 Å². The molecule has 2 nitrogen and oxygen atoms in total. The van der Waals surface area contributed by atoms with Crippen LogP contribution in [0.1, 0.15) is 16.7 Å². The summed E-state index contributed by atoms with van der Waals surface area (Å²) in [6.45, 7) is 5.32. The average Bonchev–Trinajstić information content (AvgIpc) is 2.89. The van der Waals surface area contributed by atoms with E-state index in [0.717, 1.165) is 13.0 Å². The molecule has 2 heterocycles. The monoisotopic (exact) mass is 456 g/mol. The Labute approximate surface area is 208 Å².